The van der Waals surface area contributed by atoms with Crippen LogP contribution in [-0.4, -0.2) is 68.5 Å². The van der Waals surface area contributed by atoms with Crippen LogP contribution in [0.25, 0.3) is 0 Å². The summed E-state index contributed by atoms with van der Waals surface area (Å²) < 4.78 is 0. The third kappa shape index (κ3) is 8.43. The minimum atomic E-state index is -1.26. The maximum Gasteiger partial charge on any atom is 0.225 e. The van der Waals surface area contributed by atoms with E-state index in [4.69, 9.17) is 5.73 Å². The number of carbonyl (C=O) groups is 2. The van der Waals surface area contributed by atoms with E-state index < -0.39 is 29.2 Å². The molecule has 7 atom stereocenters. The van der Waals surface area contributed by atoms with Crippen molar-refractivity contribution in [1.82, 2.24) is 5.32 Å². The highest BCUT2D eigenvalue weighted by Crippen LogP contribution is 2.66. The van der Waals surface area contributed by atoms with Crippen LogP contribution in [0.1, 0.15) is 95.0 Å². The Balaban J connectivity index is 1.55. The second-order valence-corrected chi connectivity index (χ2v) is 18.1. The number of nitrogens with two attached hydrogens (primary N) is 1. The first-order valence-corrected chi connectivity index (χ1v) is 21.3. The van der Waals surface area contributed by atoms with E-state index in [1.165, 1.54) is 5.57 Å². The lowest BCUT2D eigenvalue weighted by Crippen LogP contribution is -2.62. The van der Waals surface area contributed by atoms with Gasteiger partial charge in [-0.15, -0.1) is 0 Å². The number of nitrogens with one attached hydrogen (secondary N) is 1. The molecule has 0 unspecified atom stereocenters. The minimum absolute atomic E-state index is 0.00805. The van der Waals surface area contributed by atoms with E-state index in [0.717, 1.165) is 63.3 Å². The highest BCUT2D eigenvalue weighted by atomic mass is 33.1. The fraction of sp³-hybridized carbons (Fsp3) is 0.571. The van der Waals surface area contributed by atoms with E-state index in [0.29, 0.717) is 38.5 Å². The van der Waals surface area contributed by atoms with E-state index in [2.05, 4.69) is 31.8 Å². The molecule has 0 saturated heterocycles. The van der Waals surface area contributed by atoms with Crippen molar-refractivity contribution >= 4 is 33.3 Å². The van der Waals surface area contributed by atoms with Crippen molar-refractivity contribution in [2.45, 2.75) is 103 Å². The van der Waals surface area contributed by atoms with Crippen LogP contribution in [0.3, 0.4) is 0 Å². The van der Waals surface area contributed by atoms with Crippen LogP contribution in [0.4, 0.5) is 0 Å². The van der Waals surface area contributed by atoms with E-state index in [-0.39, 0.29) is 49.6 Å². The number of rotatable bonds is 13. The minimum Gasteiger partial charge on any atom is -0.396 e. The molecule has 1 amide bonds. The number of benzene rings is 1. The van der Waals surface area contributed by atoms with Crippen molar-refractivity contribution in [3.05, 3.63) is 93.6 Å². The highest BCUT2D eigenvalue weighted by molar-refractivity contribution is 8.76. The van der Waals surface area contributed by atoms with Crippen molar-refractivity contribution in [3.63, 3.8) is 0 Å². The second kappa shape index (κ2) is 17.8. The predicted molar refractivity (Wildman–Crippen MR) is 212 cm³/mol. The molecule has 2 aliphatic carbocycles. The van der Waals surface area contributed by atoms with Crippen LogP contribution in [0.5, 0.6) is 0 Å². The normalized spacial score (nSPS) is 32.2. The lowest BCUT2D eigenvalue weighted by atomic mass is 9.49. The summed E-state index contributed by atoms with van der Waals surface area (Å²) in [7, 11) is 3.44. The monoisotopic (exact) mass is 750 g/mol. The molecule has 2 heterocycles. The molecule has 284 valence electrons. The number of carbonyl (C=O) groups excluding carboxylic acids is 2. The molecule has 10 heteroatoms. The highest BCUT2D eigenvalue weighted by Gasteiger charge is 2.68. The zero-order valence-corrected chi connectivity index (χ0v) is 32.7. The van der Waals surface area contributed by atoms with Gasteiger partial charge in [-0.25, -0.2) is 0 Å². The zero-order valence-electron chi connectivity index (χ0n) is 31.0. The summed E-state index contributed by atoms with van der Waals surface area (Å²) in [4.78, 5) is 27.1. The average Bonchev–Trinajstić information content (AvgIpc) is 3.38. The van der Waals surface area contributed by atoms with Crippen molar-refractivity contribution in [2.75, 3.05) is 24.7 Å². The molecular formula is C42H58N2O6S2. The van der Waals surface area contributed by atoms with Crippen LogP contribution in [0, 0.1) is 23.2 Å². The van der Waals surface area contributed by atoms with Gasteiger partial charge in [-0.2, -0.15) is 0 Å². The number of aliphatic hydroxyl groups is 4. The summed E-state index contributed by atoms with van der Waals surface area (Å²) in [6.07, 6.45) is 11.5. The SMILES string of the molecule is C=C(/C=C/C=C(/CO)[C@H]1C[C@H]2CSSCC/C(C(=O)Cc3cccc4c3CC(=O)N[C@H]4N)=C3\CC[C@@](C)(O)[C@]2([C@@H]3CCCO)[C@@H]1O)CCC=C(C)C. The summed E-state index contributed by atoms with van der Waals surface area (Å²) >= 11 is 0. The van der Waals surface area contributed by atoms with Crippen molar-refractivity contribution in [1.29, 1.82) is 0 Å². The Hall–Kier alpha value is -2.44. The van der Waals surface area contributed by atoms with Crippen LogP contribution >= 0.6 is 21.6 Å². The Morgan fingerprint density at radius 3 is 2.71 bits per heavy atom. The topological polar surface area (TPSA) is 153 Å². The van der Waals surface area contributed by atoms with Crippen molar-refractivity contribution < 1.29 is 30.0 Å². The van der Waals surface area contributed by atoms with Gasteiger partial charge < -0.3 is 31.5 Å². The van der Waals surface area contributed by atoms with Gasteiger partial charge in [0.05, 0.1) is 24.7 Å². The molecule has 2 fully saturated rings. The average molecular weight is 751 g/mol. The Bertz CT molecular complexity index is 1630. The van der Waals surface area contributed by atoms with E-state index in [1.807, 2.05) is 43.4 Å². The number of hydrogen-bond acceptors (Lipinski definition) is 9. The molecule has 7 N–H and O–H groups in total. The molecule has 0 radical (unpaired) electrons. The van der Waals surface area contributed by atoms with Gasteiger partial charge in [0.25, 0.3) is 0 Å². The standard InChI is InChI=1S/C42H58N2O6S2/c1-26(2)9-5-10-27(3)11-6-13-29(24-46)35-22-30-25-52-51-20-17-32(31-16-18-41(4,50)42(30,39(35)49)36(31)15-8-19-45)37(47)21-28-12-7-14-33-34(28)23-38(48)44-40(33)43/h6-7,9,11-14,30,35-36,39-40,45-46,49-50H,3,5,8,10,15-25,43H2,1-2,4H3,(H,44,48)/b11-6+,29-13-,32-31-/t30-,35+,36+,39+,40+,41+,42+/m0/s1. The van der Waals surface area contributed by atoms with E-state index in [1.54, 1.807) is 21.6 Å². The quantitative estimate of drug-likeness (QED) is 0.0786. The molecule has 5 rings (SSSR count). The fourth-order valence-corrected chi connectivity index (χ4v) is 12.1. The maximum absolute atomic E-state index is 14.6. The molecule has 1 aromatic carbocycles. The lowest BCUT2D eigenvalue weighted by molar-refractivity contribution is -0.184. The Morgan fingerprint density at radius 1 is 1.19 bits per heavy atom. The molecule has 2 aliphatic heterocycles. The number of Topliss-reactive ketones (excluding diaryl/α,β-unsaturated/α-hetero) is 1. The van der Waals surface area contributed by atoms with Gasteiger partial charge in [0.2, 0.25) is 5.91 Å². The van der Waals surface area contributed by atoms with Gasteiger partial charge in [-0.3, -0.25) is 9.59 Å². The number of hydrogen-bond donors (Lipinski definition) is 6. The van der Waals surface area contributed by atoms with Crippen LogP contribution in [-0.2, 0) is 22.4 Å². The van der Waals surface area contributed by atoms with Gasteiger partial charge in [0.1, 0.15) is 6.17 Å². The molecule has 8 nitrogen and oxygen atoms in total. The first-order chi connectivity index (χ1) is 24.8. The summed E-state index contributed by atoms with van der Waals surface area (Å²) in [5.74, 6) is 0.451. The first-order valence-electron chi connectivity index (χ1n) is 18.8. The number of ketones is 1. The third-order valence-electron chi connectivity index (χ3n) is 12.0. The number of fused-ring (bicyclic) bond motifs is 2. The summed E-state index contributed by atoms with van der Waals surface area (Å²) in [6, 6.07) is 5.69. The molecule has 0 aromatic heterocycles. The number of amides is 1. The lowest BCUT2D eigenvalue weighted by Gasteiger charge is -2.58. The predicted octanol–water partition coefficient (Wildman–Crippen LogP) is 6.20. The van der Waals surface area contributed by atoms with Crippen molar-refractivity contribution in [3.8, 4) is 0 Å². The van der Waals surface area contributed by atoms with Crippen LogP contribution < -0.4 is 11.1 Å². The van der Waals surface area contributed by atoms with Crippen LogP contribution in [0.15, 0.2) is 76.9 Å². The summed E-state index contributed by atoms with van der Waals surface area (Å²) in [5.41, 5.74) is 11.1. The molecule has 4 aliphatic rings. The summed E-state index contributed by atoms with van der Waals surface area (Å²) in [6.45, 7) is 9.93. The maximum atomic E-state index is 14.6. The van der Waals surface area contributed by atoms with Gasteiger partial charge in [0.15, 0.2) is 5.78 Å². The van der Waals surface area contributed by atoms with Gasteiger partial charge in [0, 0.05) is 35.9 Å². The zero-order chi connectivity index (χ0) is 37.6. The molecule has 2 saturated carbocycles. The molecule has 2 bridgehead atoms. The van der Waals surface area contributed by atoms with E-state index >= 15 is 0 Å². The molecule has 1 aromatic rings. The van der Waals surface area contributed by atoms with E-state index in [9.17, 15) is 30.0 Å². The molecular weight excluding hydrogens is 693 g/mol. The number of aliphatic hydroxyl groups excluding tert-OH is 3. The largest absolute Gasteiger partial charge is 0.396 e. The Labute approximate surface area is 317 Å². The smallest absolute Gasteiger partial charge is 0.225 e. The summed E-state index contributed by atoms with van der Waals surface area (Å²) in [5, 5.41) is 48.8. The molecule has 1 spiro atoms. The first kappa shape index (κ1) is 40.7. The van der Waals surface area contributed by atoms with Gasteiger partial charge in [-0.05, 0) is 112 Å². The van der Waals surface area contributed by atoms with Gasteiger partial charge in [-0.1, -0.05) is 87.4 Å². The van der Waals surface area contributed by atoms with Crippen molar-refractivity contribution in [2.24, 2.45) is 28.9 Å². The third-order valence-corrected chi connectivity index (χ3v) is 14.5. The fourth-order valence-electron chi connectivity index (χ4n) is 9.63. The van der Waals surface area contributed by atoms with Crippen LogP contribution in [0.2, 0.25) is 0 Å². The molecule has 52 heavy (non-hydrogen) atoms. The number of allylic oxidation sites excluding steroid dienone is 8. The Morgan fingerprint density at radius 2 is 1.98 bits per heavy atom. The van der Waals surface area contributed by atoms with Gasteiger partial charge >= 0.3 is 0 Å². The Kier molecular flexibility index (Phi) is 13.9. The second-order valence-electron chi connectivity index (χ2n) is 15.5.